The molecule has 1 aromatic heterocycles. The Morgan fingerprint density at radius 2 is 1.82 bits per heavy atom. The minimum absolute atomic E-state index is 0.0439. The Morgan fingerprint density at radius 1 is 1.18 bits per heavy atom. The summed E-state index contributed by atoms with van der Waals surface area (Å²) in [6.45, 7) is 4.05. The Hall–Kier alpha value is -2.39. The Morgan fingerprint density at radius 3 is 2.43 bits per heavy atom. The molecule has 150 valence electrons. The molecule has 1 aliphatic heterocycles. The average molecular weight is 414 g/mol. The molecular formula is C18H19ClF3N5O. The van der Waals surface area contributed by atoms with Crippen LogP contribution in [0.4, 0.5) is 24.8 Å². The molecule has 10 heteroatoms. The molecule has 1 fully saturated rings. The van der Waals surface area contributed by atoms with Crippen LogP contribution < -0.4 is 10.2 Å². The van der Waals surface area contributed by atoms with Crippen molar-refractivity contribution in [3.63, 3.8) is 0 Å². The highest BCUT2D eigenvalue weighted by atomic mass is 35.5. The Labute approximate surface area is 165 Å². The number of nitrogens with zero attached hydrogens (tertiary/aromatic N) is 4. The number of anilines is 2. The summed E-state index contributed by atoms with van der Waals surface area (Å²) < 4.78 is 39.6. The fraction of sp³-hybridized carbons (Fsp3) is 0.389. The quantitative estimate of drug-likeness (QED) is 0.833. The number of nitrogens with one attached hydrogen (secondary N) is 1. The van der Waals surface area contributed by atoms with Gasteiger partial charge in [0, 0.05) is 43.6 Å². The number of carbonyl (C=O) groups excluding carboxylic acids is 1. The first-order valence-electron chi connectivity index (χ1n) is 8.69. The summed E-state index contributed by atoms with van der Waals surface area (Å²) in [4.78, 5) is 24.9. The molecule has 1 aromatic carbocycles. The molecule has 1 amide bonds. The van der Waals surface area contributed by atoms with Gasteiger partial charge < -0.3 is 10.2 Å². The van der Waals surface area contributed by atoms with Crippen molar-refractivity contribution in [3.8, 4) is 0 Å². The van der Waals surface area contributed by atoms with Gasteiger partial charge in [0.15, 0.2) is 0 Å². The highest BCUT2D eigenvalue weighted by Crippen LogP contribution is 2.36. The lowest BCUT2D eigenvalue weighted by molar-refractivity contribution is -0.137. The Kier molecular flexibility index (Phi) is 6.04. The van der Waals surface area contributed by atoms with E-state index in [1.54, 1.807) is 25.4 Å². The number of aromatic nitrogens is 2. The average Bonchev–Trinajstić information content (AvgIpc) is 2.68. The highest BCUT2D eigenvalue weighted by molar-refractivity contribution is 6.30. The van der Waals surface area contributed by atoms with E-state index >= 15 is 0 Å². The van der Waals surface area contributed by atoms with Crippen LogP contribution in [0.5, 0.6) is 0 Å². The molecule has 2 aromatic rings. The third-order valence-electron chi connectivity index (χ3n) is 4.62. The Bertz CT molecular complexity index is 826. The van der Waals surface area contributed by atoms with Gasteiger partial charge in [-0.25, -0.2) is 9.97 Å². The van der Waals surface area contributed by atoms with E-state index in [0.29, 0.717) is 32.1 Å². The fourth-order valence-electron chi connectivity index (χ4n) is 3.03. The molecule has 1 N–H and O–H groups in total. The molecule has 1 saturated heterocycles. The monoisotopic (exact) mass is 413 g/mol. The van der Waals surface area contributed by atoms with Gasteiger partial charge in [-0.2, -0.15) is 13.2 Å². The number of hydrogen-bond acceptors (Lipinski definition) is 5. The van der Waals surface area contributed by atoms with Crippen LogP contribution in [0, 0.1) is 0 Å². The maximum absolute atomic E-state index is 13.2. The maximum Gasteiger partial charge on any atom is 0.418 e. The van der Waals surface area contributed by atoms with Crippen molar-refractivity contribution in [1.29, 1.82) is 0 Å². The molecule has 1 aliphatic rings. The SMILES string of the molecule is C[C@@H](C(=O)Nc1ccc(Cl)cc1C(F)(F)F)N1CCN(c2ncccn2)CC1. The molecule has 0 saturated carbocycles. The number of carbonyl (C=O) groups is 1. The normalized spacial score (nSPS) is 16.7. The summed E-state index contributed by atoms with van der Waals surface area (Å²) >= 11 is 5.67. The molecule has 0 unspecified atom stereocenters. The van der Waals surface area contributed by atoms with Crippen molar-refractivity contribution in [2.24, 2.45) is 0 Å². The predicted octanol–water partition coefficient (Wildman–Crippen LogP) is 3.30. The maximum atomic E-state index is 13.2. The summed E-state index contributed by atoms with van der Waals surface area (Å²) in [6.07, 6.45) is -1.29. The molecule has 1 atom stereocenters. The largest absolute Gasteiger partial charge is 0.418 e. The van der Waals surface area contributed by atoms with Crippen molar-refractivity contribution < 1.29 is 18.0 Å². The number of piperazine rings is 1. The van der Waals surface area contributed by atoms with Crippen molar-refractivity contribution in [2.45, 2.75) is 19.1 Å². The second-order valence-corrected chi connectivity index (χ2v) is 6.86. The molecule has 0 spiro atoms. The van der Waals surface area contributed by atoms with E-state index in [9.17, 15) is 18.0 Å². The van der Waals surface area contributed by atoms with Crippen LogP contribution in [0.1, 0.15) is 12.5 Å². The van der Waals surface area contributed by atoms with Crippen molar-refractivity contribution in [2.75, 3.05) is 36.4 Å². The summed E-state index contributed by atoms with van der Waals surface area (Å²) in [5.41, 5.74) is -1.27. The molecule has 0 aliphatic carbocycles. The molecule has 3 rings (SSSR count). The fourth-order valence-corrected chi connectivity index (χ4v) is 3.20. The summed E-state index contributed by atoms with van der Waals surface area (Å²) in [7, 11) is 0. The molecular weight excluding hydrogens is 395 g/mol. The van der Waals surface area contributed by atoms with Gasteiger partial charge in [-0.15, -0.1) is 0 Å². The van der Waals surface area contributed by atoms with Crippen LogP contribution in [-0.2, 0) is 11.0 Å². The van der Waals surface area contributed by atoms with Gasteiger partial charge in [0.05, 0.1) is 17.3 Å². The number of rotatable bonds is 4. The molecule has 6 nitrogen and oxygen atoms in total. The lowest BCUT2D eigenvalue weighted by Gasteiger charge is -2.37. The van der Waals surface area contributed by atoms with Gasteiger partial charge in [0.1, 0.15) is 0 Å². The van der Waals surface area contributed by atoms with Gasteiger partial charge in [0.2, 0.25) is 11.9 Å². The van der Waals surface area contributed by atoms with Crippen molar-refractivity contribution in [1.82, 2.24) is 14.9 Å². The van der Waals surface area contributed by atoms with Crippen LogP contribution in [0.15, 0.2) is 36.7 Å². The topological polar surface area (TPSA) is 61.4 Å². The zero-order valence-corrected chi connectivity index (χ0v) is 15.8. The van der Waals surface area contributed by atoms with Crippen LogP contribution in [0.25, 0.3) is 0 Å². The first-order valence-corrected chi connectivity index (χ1v) is 9.07. The number of amides is 1. The first kappa shape index (κ1) is 20.3. The second kappa shape index (κ2) is 8.32. The van der Waals surface area contributed by atoms with E-state index in [0.717, 1.165) is 6.07 Å². The van der Waals surface area contributed by atoms with E-state index in [4.69, 9.17) is 11.6 Å². The minimum atomic E-state index is -4.61. The van der Waals surface area contributed by atoms with Crippen molar-refractivity contribution >= 4 is 29.1 Å². The van der Waals surface area contributed by atoms with Crippen LogP contribution >= 0.6 is 11.6 Å². The first-order chi connectivity index (χ1) is 13.3. The van der Waals surface area contributed by atoms with Crippen LogP contribution in [0.3, 0.4) is 0 Å². The molecule has 0 radical (unpaired) electrons. The van der Waals surface area contributed by atoms with E-state index in [1.807, 2.05) is 9.80 Å². The standard InChI is InChI=1S/C18H19ClF3N5O/c1-12(26-7-9-27(10-8-26)17-23-5-2-6-24-17)16(28)25-15-4-3-13(19)11-14(15)18(20,21)22/h2-6,11-12H,7-10H2,1H3,(H,25,28)/t12-/m0/s1. The van der Waals surface area contributed by atoms with Crippen LogP contribution in [-0.4, -0.2) is 53.0 Å². The summed E-state index contributed by atoms with van der Waals surface area (Å²) in [6, 6.07) is 4.44. The lowest BCUT2D eigenvalue weighted by Crippen LogP contribution is -2.53. The van der Waals surface area contributed by atoms with E-state index in [2.05, 4.69) is 15.3 Å². The summed E-state index contributed by atoms with van der Waals surface area (Å²) in [5, 5.41) is 2.34. The van der Waals surface area contributed by atoms with Gasteiger partial charge in [-0.1, -0.05) is 11.6 Å². The van der Waals surface area contributed by atoms with E-state index in [1.165, 1.54) is 12.1 Å². The zero-order valence-electron chi connectivity index (χ0n) is 15.1. The number of hydrogen-bond donors (Lipinski definition) is 1. The van der Waals surface area contributed by atoms with E-state index in [-0.39, 0.29) is 10.7 Å². The zero-order chi connectivity index (χ0) is 20.3. The third-order valence-corrected chi connectivity index (χ3v) is 4.86. The van der Waals surface area contributed by atoms with Gasteiger partial charge >= 0.3 is 6.18 Å². The van der Waals surface area contributed by atoms with Gasteiger partial charge in [-0.05, 0) is 31.2 Å². The lowest BCUT2D eigenvalue weighted by atomic mass is 10.1. The molecule has 0 bridgehead atoms. The van der Waals surface area contributed by atoms with Crippen molar-refractivity contribution in [3.05, 3.63) is 47.2 Å². The predicted molar refractivity (Wildman–Crippen MR) is 100 cm³/mol. The number of alkyl halides is 3. The Balaban J connectivity index is 1.63. The highest BCUT2D eigenvalue weighted by Gasteiger charge is 2.35. The molecule has 28 heavy (non-hydrogen) atoms. The number of benzene rings is 1. The summed E-state index contributed by atoms with van der Waals surface area (Å²) in [5.74, 6) is 0.118. The van der Waals surface area contributed by atoms with Gasteiger partial charge in [-0.3, -0.25) is 9.69 Å². The number of halogens is 4. The third kappa shape index (κ3) is 4.71. The van der Waals surface area contributed by atoms with Gasteiger partial charge in [0.25, 0.3) is 0 Å². The second-order valence-electron chi connectivity index (χ2n) is 6.42. The minimum Gasteiger partial charge on any atom is -0.338 e. The van der Waals surface area contributed by atoms with E-state index < -0.39 is 23.7 Å². The smallest absolute Gasteiger partial charge is 0.338 e. The van der Waals surface area contributed by atoms with Crippen LogP contribution in [0.2, 0.25) is 5.02 Å². The molecule has 2 heterocycles.